The number of carboxylic acid groups (broad SMARTS) is 1. The fourth-order valence-electron chi connectivity index (χ4n) is 1.92. The molecule has 0 saturated carbocycles. The first-order valence-corrected chi connectivity index (χ1v) is 6.54. The van der Waals surface area contributed by atoms with Crippen LogP contribution in [0.25, 0.3) is 10.6 Å². The van der Waals surface area contributed by atoms with Crippen molar-refractivity contribution in [1.29, 1.82) is 0 Å². The predicted molar refractivity (Wildman–Crippen MR) is 74.1 cm³/mol. The Morgan fingerprint density at radius 1 is 1.50 bits per heavy atom. The van der Waals surface area contributed by atoms with Gasteiger partial charge in [0.05, 0.1) is 16.6 Å². The van der Waals surface area contributed by atoms with E-state index in [1.165, 1.54) is 12.1 Å². The van der Waals surface area contributed by atoms with E-state index in [-0.39, 0.29) is 22.2 Å². The van der Waals surface area contributed by atoms with Crippen LogP contribution in [0.15, 0.2) is 16.5 Å². The average Bonchev–Trinajstić information content (AvgIpc) is 2.92. The molecule has 2 heterocycles. The maximum absolute atomic E-state index is 11.1. The second kappa shape index (κ2) is 4.97. The number of rotatable bonds is 4. The number of nitro groups is 1. The lowest BCUT2D eigenvalue weighted by Crippen LogP contribution is -2.00. The van der Waals surface area contributed by atoms with E-state index >= 15 is 0 Å². The number of furan rings is 1. The molecule has 2 aromatic rings. The molecule has 0 bridgehead atoms. The number of anilines is 1. The van der Waals surface area contributed by atoms with Crippen molar-refractivity contribution in [3.63, 3.8) is 0 Å². The van der Waals surface area contributed by atoms with Gasteiger partial charge in [0.2, 0.25) is 0 Å². The number of carboxylic acids is 1. The Hall–Kier alpha value is -2.35. The van der Waals surface area contributed by atoms with Crippen LogP contribution in [-0.4, -0.2) is 16.0 Å². The second-order valence-electron chi connectivity index (χ2n) is 4.44. The lowest BCUT2D eigenvalue weighted by atomic mass is 10.0. The minimum atomic E-state index is -1.12. The fourth-order valence-corrected chi connectivity index (χ4v) is 3.10. The molecule has 20 heavy (non-hydrogen) atoms. The minimum absolute atomic E-state index is 0.0164. The zero-order chi connectivity index (χ0) is 15.0. The summed E-state index contributed by atoms with van der Waals surface area (Å²) in [5.74, 6) is -1.29. The Labute approximate surface area is 117 Å². The fraction of sp³-hybridized carbons (Fsp3) is 0.250. The monoisotopic (exact) mass is 296 g/mol. The van der Waals surface area contributed by atoms with Gasteiger partial charge in [0, 0.05) is 5.56 Å². The number of nitrogens with zero attached hydrogens (tertiary/aromatic N) is 1. The van der Waals surface area contributed by atoms with Crippen LogP contribution in [0.5, 0.6) is 0 Å². The van der Waals surface area contributed by atoms with Gasteiger partial charge in [-0.2, -0.15) is 0 Å². The summed E-state index contributed by atoms with van der Waals surface area (Å²) in [4.78, 5) is 21.7. The molecule has 0 atom stereocenters. The van der Waals surface area contributed by atoms with E-state index < -0.39 is 16.8 Å². The molecule has 0 aliphatic heterocycles. The number of thiophene rings is 1. The van der Waals surface area contributed by atoms with Gasteiger partial charge in [-0.1, -0.05) is 13.8 Å². The molecule has 0 aliphatic carbocycles. The molecular weight excluding hydrogens is 284 g/mol. The van der Waals surface area contributed by atoms with Crippen molar-refractivity contribution in [3.8, 4) is 10.6 Å². The first-order chi connectivity index (χ1) is 9.32. The molecule has 0 amide bonds. The van der Waals surface area contributed by atoms with Crippen LogP contribution in [0.4, 0.5) is 11.6 Å². The van der Waals surface area contributed by atoms with Gasteiger partial charge in [-0.05, 0) is 12.0 Å². The van der Waals surface area contributed by atoms with Gasteiger partial charge in [0.25, 0.3) is 0 Å². The van der Waals surface area contributed by atoms with E-state index in [1.54, 1.807) is 0 Å². The van der Waals surface area contributed by atoms with Crippen LogP contribution in [-0.2, 0) is 0 Å². The minimum Gasteiger partial charge on any atom is -0.477 e. The van der Waals surface area contributed by atoms with Crippen LogP contribution in [0.3, 0.4) is 0 Å². The highest BCUT2D eigenvalue weighted by molar-refractivity contribution is 7.18. The molecule has 8 heteroatoms. The van der Waals surface area contributed by atoms with Crippen LogP contribution in [0, 0.1) is 10.1 Å². The topological polar surface area (TPSA) is 120 Å². The van der Waals surface area contributed by atoms with E-state index in [2.05, 4.69) is 0 Å². The molecule has 0 unspecified atom stereocenters. The van der Waals surface area contributed by atoms with Gasteiger partial charge in [0.1, 0.15) is 9.80 Å². The van der Waals surface area contributed by atoms with E-state index in [4.69, 9.17) is 15.3 Å². The molecule has 0 aromatic carbocycles. The molecule has 3 N–H and O–H groups in total. The Bertz CT molecular complexity index is 686. The highest BCUT2D eigenvalue weighted by atomic mass is 32.1. The van der Waals surface area contributed by atoms with Crippen LogP contribution in [0.1, 0.15) is 35.0 Å². The summed E-state index contributed by atoms with van der Waals surface area (Å²) in [6.07, 6.45) is 0. The van der Waals surface area contributed by atoms with Crippen molar-refractivity contribution < 1.29 is 19.2 Å². The molecule has 2 aromatic heterocycles. The maximum Gasteiger partial charge on any atom is 0.433 e. The predicted octanol–water partition coefficient (Wildman–Crippen LogP) is 3.32. The lowest BCUT2D eigenvalue weighted by Gasteiger charge is -2.06. The van der Waals surface area contributed by atoms with Crippen LogP contribution < -0.4 is 5.73 Å². The third-order valence-electron chi connectivity index (χ3n) is 2.75. The number of hydrogen-bond donors (Lipinski definition) is 2. The largest absolute Gasteiger partial charge is 0.477 e. The summed E-state index contributed by atoms with van der Waals surface area (Å²) in [5, 5.41) is 19.8. The molecule has 0 fully saturated rings. The van der Waals surface area contributed by atoms with Crippen molar-refractivity contribution in [2.75, 3.05) is 5.73 Å². The maximum atomic E-state index is 11.1. The summed E-state index contributed by atoms with van der Waals surface area (Å²) in [5.41, 5.74) is 6.69. The molecular formula is C12H12N2O5S. The highest BCUT2D eigenvalue weighted by Gasteiger charge is 2.26. The molecule has 0 aliphatic rings. The van der Waals surface area contributed by atoms with E-state index in [0.717, 1.165) is 11.3 Å². The normalized spacial score (nSPS) is 10.9. The standard InChI is InChI=1S/C12H12N2O5S/c1-5(2)8-9(13)11(12(15)16)20-10(8)6-3-4-7(19-6)14(17)18/h3-5H,13H2,1-2H3,(H,15,16). The third-order valence-corrected chi connectivity index (χ3v) is 3.97. The van der Waals surface area contributed by atoms with Crippen LogP contribution in [0.2, 0.25) is 0 Å². The van der Waals surface area contributed by atoms with E-state index in [9.17, 15) is 14.9 Å². The van der Waals surface area contributed by atoms with Gasteiger partial charge in [-0.25, -0.2) is 4.79 Å². The number of nitrogens with two attached hydrogens (primary N) is 1. The summed E-state index contributed by atoms with van der Waals surface area (Å²) >= 11 is 0.960. The zero-order valence-corrected chi connectivity index (χ0v) is 11.6. The van der Waals surface area contributed by atoms with Crippen molar-refractivity contribution >= 4 is 28.9 Å². The van der Waals surface area contributed by atoms with Gasteiger partial charge < -0.3 is 15.3 Å². The molecule has 0 spiro atoms. The highest BCUT2D eigenvalue weighted by Crippen LogP contribution is 2.43. The van der Waals surface area contributed by atoms with Crippen molar-refractivity contribution in [2.24, 2.45) is 0 Å². The molecule has 0 radical (unpaired) electrons. The molecule has 2 rings (SSSR count). The quantitative estimate of drug-likeness (QED) is 0.659. The molecule has 106 valence electrons. The van der Waals surface area contributed by atoms with Gasteiger partial charge in [0.15, 0.2) is 5.76 Å². The Balaban J connectivity index is 2.62. The number of aromatic carboxylic acids is 1. The first kappa shape index (κ1) is 14.1. The Morgan fingerprint density at radius 3 is 2.60 bits per heavy atom. The molecule has 0 saturated heterocycles. The second-order valence-corrected chi connectivity index (χ2v) is 5.46. The zero-order valence-electron chi connectivity index (χ0n) is 10.7. The Morgan fingerprint density at radius 2 is 2.15 bits per heavy atom. The average molecular weight is 296 g/mol. The third kappa shape index (κ3) is 2.25. The Kier molecular flexibility index (Phi) is 3.49. The van der Waals surface area contributed by atoms with Crippen molar-refractivity contribution in [1.82, 2.24) is 0 Å². The van der Waals surface area contributed by atoms with E-state index in [1.807, 2.05) is 13.8 Å². The summed E-state index contributed by atoms with van der Waals surface area (Å²) in [6, 6.07) is 2.68. The van der Waals surface area contributed by atoms with Crippen LogP contribution >= 0.6 is 11.3 Å². The van der Waals surface area contributed by atoms with E-state index in [0.29, 0.717) is 10.4 Å². The number of nitrogen functional groups attached to an aromatic ring is 1. The summed E-state index contributed by atoms with van der Waals surface area (Å²) in [6.45, 7) is 3.73. The van der Waals surface area contributed by atoms with Crippen molar-refractivity contribution in [3.05, 3.63) is 32.7 Å². The summed E-state index contributed by atoms with van der Waals surface area (Å²) < 4.78 is 5.13. The van der Waals surface area contributed by atoms with Gasteiger partial charge in [-0.3, -0.25) is 10.1 Å². The SMILES string of the molecule is CC(C)c1c(-c2ccc([N+](=O)[O-])o2)sc(C(=O)O)c1N. The van der Waals surface area contributed by atoms with Crippen molar-refractivity contribution in [2.45, 2.75) is 19.8 Å². The summed E-state index contributed by atoms with van der Waals surface area (Å²) in [7, 11) is 0. The number of carbonyl (C=O) groups is 1. The first-order valence-electron chi connectivity index (χ1n) is 5.73. The van der Waals surface area contributed by atoms with Gasteiger partial charge >= 0.3 is 11.9 Å². The smallest absolute Gasteiger partial charge is 0.433 e. The number of hydrogen-bond acceptors (Lipinski definition) is 6. The van der Waals surface area contributed by atoms with Gasteiger partial charge in [-0.15, -0.1) is 11.3 Å². The molecule has 7 nitrogen and oxygen atoms in total. The lowest BCUT2D eigenvalue weighted by molar-refractivity contribution is -0.401.